The summed E-state index contributed by atoms with van der Waals surface area (Å²) in [6.07, 6.45) is 6.77. The van der Waals surface area contributed by atoms with Crippen LogP contribution in [0.3, 0.4) is 0 Å². The Morgan fingerprint density at radius 3 is 2.63 bits per heavy atom. The van der Waals surface area contributed by atoms with Gasteiger partial charge < -0.3 is 15.4 Å². The first-order valence-electron chi connectivity index (χ1n) is 10.2. The van der Waals surface area contributed by atoms with Crippen molar-refractivity contribution in [1.29, 1.82) is 0 Å². The summed E-state index contributed by atoms with van der Waals surface area (Å²) in [5.41, 5.74) is 1.17. The van der Waals surface area contributed by atoms with Gasteiger partial charge in [0.15, 0.2) is 5.96 Å². The molecule has 0 spiro atoms. The molecule has 27 heavy (non-hydrogen) atoms. The Balaban J connectivity index is 0.00000261. The minimum absolute atomic E-state index is 0. The van der Waals surface area contributed by atoms with Gasteiger partial charge in [-0.1, -0.05) is 43.2 Å². The van der Waals surface area contributed by atoms with Gasteiger partial charge in [0.2, 0.25) is 0 Å². The quantitative estimate of drug-likeness (QED) is 0.352. The molecule has 0 radical (unpaired) electrons. The summed E-state index contributed by atoms with van der Waals surface area (Å²) >= 11 is 0. The van der Waals surface area contributed by atoms with Crippen molar-refractivity contribution in [3.63, 3.8) is 0 Å². The Hall–Kier alpha value is -0.860. The third-order valence-electron chi connectivity index (χ3n) is 5.62. The number of rotatable bonds is 7. The van der Waals surface area contributed by atoms with Crippen LogP contribution in [0.5, 0.6) is 0 Å². The molecule has 1 saturated carbocycles. The third kappa shape index (κ3) is 6.61. The van der Waals surface area contributed by atoms with E-state index in [-0.39, 0.29) is 30.1 Å². The van der Waals surface area contributed by atoms with Gasteiger partial charge in [0.25, 0.3) is 0 Å². The highest BCUT2D eigenvalue weighted by atomic mass is 127. The molecule has 0 bridgehead atoms. The number of guanidine groups is 1. The summed E-state index contributed by atoms with van der Waals surface area (Å²) in [4.78, 5) is 7.47. The molecular weight excluding hydrogens is 451 g/mol. The number of aliphatic imine (C=N–C) groups is 1. The zero-order valence-electron chi connectivity index (χ0n) is 16.7. The Morgan fingerprint density at radius 2 is 1.96 bits per heavy atom. The first-order valence-corrected chi connectivity index (χ1v) is 10.2. The van der Waals surface area contributed by atoms with Gasteiger partial charge >= 0.3 is 0 Å². The van der Waals surface area contributed by atoms with Crippen LogP contribution in [0.4, 0.5) is 0 Å². The van der Waals surface area contributed by atoms with E-state index in [2.05, 4.69) is 34.6 Å². The maximum atomic E-state index is 5.65. The Kier molecular flexibility index (Phi) is 9.86. The second kappa shape index (κ2) is 11.9. The molecule has 3 rings (SSSR count). The predicted molar refractivity (Wildman–Crippen MR) is 123 cm³/mol. The van der Waals surface area contributed by atoms with E-state index in [1.54, 1.807) is 7.11 Å². The summed E-state index contributed by atoms with van der Waals surface area (Å²) in [6.45, 7) is 5.96. The second-order valence-corrected chi connectivity index (χ2v) is 7.42. The zero-order valence-corrected chi connectivity index (χ0v) is 19.0. The monoisotopic (exact) mass is 486 g/mol. The van der Waals surface area contributed by atoms with Crippen molar-refractivity contribution in [2.75, 3.05) is 33.3 Å². The molecule has 1 aromatic rings. The van der Waals surface area contributed by atoms with Gasteiger partial charge in [0.05, 0.1) is 6.54 Å². The Bertz CT molecular complexity index is 563. The first kappa shape index (κ1) is 22.4. The molecule has 2 N–H and O–H groups in total. The first-order chi connectivity index (χ1) is 12.8. The molecule has 152 valence electrons. The van der Waals surface area contributed by atoms with Crippen molar-refractivity contribution in [2.24, 2.45) is 4.99 Å². The van der Waals surface area contributed by atoms with E-state index in [9.17, 15) is 0 Å². The van der Waals surface area contributed by atoms with Crippen molar-refractivity contribution in [1.82, 2.24) is 15.5 Å². The summed E-state index contributed by atoms with van der Waals surface area (Å²) in [7, 11) is 1.75. The summed E-state index contributed by atoms with van der Waals surface area (Å²) in [5.74, 6) is 0.906. The van der Waals surface area contributed by atoms with Gasteiger partial charge in [0, 0.05) is 38.8 Å². The SMILES string of the molecule is CCNC(=NCC(OC)c1ccccc1)NC1CCN(C2CCCC2)C1.I. The van der Waals surface area contributed by atoms with Crippen LogP contribution < -0.4 is 10.6 Å². The van der Waals surface area contributed by atoms with Gasteiger partial charge in [-0.3, -0.25) is 9.89 Å². The Morgan fingerprint density at radius 1 is 1.22 bits per heavy atom. The second-order valence-electron chi connectivity index (χ2n) is 7.42. The fourth-order valence-electron chi connectivity index (χ4n) is 4.18. The van der Waals surface area contributed by atoms with Crippen molar-refractivity contribution in [3.8, 4) is 0 Å². The highest BCUT2D eigenvalue weighted by molar-refractivity contribution is 14.0. The number of hydrogen-bond acceptors (Lipinski definition) is 3. The van der Waals surface area contributed by atoms with Gasteiger partial charge in [0.1, 0.15) is 6.10 Å². The lowest BCUT2D eigenvalue weighted by atomic mass is 10.1. The van der Waals surface area contributed by atoms with Crippen LogP contribution in [0.2, 0.25) is 0 Å². The fourth-order valence-corrected chi connectivity index (χ4v) is 4.18. The van der Waals surface area contributed by atoms with E-state index in [0.29, 0.717) is 12.6 Å². The van der Waals surface area contributed by atoms with Crippen LogP contribution in [-0.4, -0.2) is 56.2 Å². The number of likely N-dealkylation sites (tertiary alicyclic amines) is 1. The smallest absolute Gasteiger partial charge is 0.191 e. The van der Waals surface area contributed by atoms with Crippen LogP contribution in [0.25, 0.3) is 0 Å². The van der Waals surface area contributed by atoms with Crippen LogP contribution in [0.1, 0.15) is 50.7 Å². The van der Waals surface area contributed by atoms with Crippen LogP contribution in [-0.2, 0) is 4.74 Å². The lowest BCUT2D eigenvalue weighted by molar-refractivity contribution is 0.111. The number of nitrogens with zero attached hydrogens (tertiary/aromatic N) is 2. The molecular formula is C21H35IN4O. The number of benzene rings is 1. The molecule has 5 nitrogen and oxygen atoms in total. The highest BCUT2D eigenvalue weighted by Crippen LogP contribution is 2.26. The lowest BCUT2D eigenvalue weighted by Gasteiger charge is -2.24. The van der Waals surface area contributed by atoms with E-state index < -0.39 is 0 Å². The van der Waals surface area contributed by atoms with Crippen molar-refractivity contribution >= 4 is 29.9 Å². The number of hydrogen-bond donors (Lipinski definition) is 2. The molecule has 2 unspecified atom stereocenters. The lowest BCUT2D eigenvalue weighted by Crippen LogP contribution is -2.45. The maximum absolute atomic E-state index is 5.65. The van der Waals surface area contributed by atoms with Gasteiger partial charge in [-0.15, -0.1) is 24.0 Å². The van der Waals surface area contributed by atoms with Gasteiger partial charge in [-0.25, -0.2) is 0 Å². The molecule has 1 aliphatic carbocycles. The molecule has 1 saturated heterocycles. The largest absolute Gasteiger partial charge is 0.375 e. The predicted octanol–water partition coefficient (Wildman–Crippen LogP) is 3.56. The molecule has 6 heteroatoms. The molecule has 0 amide bonds. The van der Waals surface area contributed by atoms with Gasteiger partial charge in [-0.2, -0.15) is 0 Å². The van der Waals surface area contributed by atoms with Crippen molar-refractivity contribution < 1.29 is 4.74 Å². The standard InChI is InChI=1S/C21H34N4O.HI/c1-3-22-21(23-15-20(26-2)17-9-5-4-6-10-17)24-18-13-14-25(16-18)19-11-7-8-12-19;/h4-6,9-10,18-20H,3,7-8,11-16H2,1-2H3,(H2,22,23,24);1H. The van der Waals surface area contributed by atoms with Crippen LogP contribution >= 0.6 is 24.0 Å². The molecule has 2 fully saturated rings. The minimum Gasteiger partial charge on any atom is -0.375 e. The average Bonchev–Trinajstić information content (AvgIpc) is 3.35. The molecule has 2 atom stereocenters. The minimum atomic E-state index is -0.00905. The highest BCUT2D eigenvalue weighted by Gasteiger charge is 2.30. The van der Waals surface area contributed by atoms with E-state index >= 15 is 0 Å². The fraction of sp³-hybridized carbons (Fsp3) is 0.667. The maximum Gasteiger partial charge on any atom is 0.191 e. The zero-order chi connectivity index (χ0) is 18.2. The molecule has 2 aliphatic rings. The van der Waals surface area contributed by atoms with E-state index in [1.807, 2.05) is 18.2 Å². The Labute approximate surface area is 181 Å². The summed E-state index contributed by atoms with van der Waals surface area (Å²) < 4.78 is 5.65. The van der Waals surface area contributed by atoms with E-state index in [4.69, 9.17) is 9.73 Å². The molecule has 1 heterocycles. The van der Waals surface area contributed by atoms with E-state index in [1.165, 1.54) is 44.2 Å². The molecule has 1 aromatic carbocycles. The van der Waals surface area contributed by atoms with Gasteiger partial charge in [-0.05, 0) is 31.7 Å². The normalized spacial score (nSPS) is 22.4. The van der Waals surface area contributed by atoms with Crippen LogP contribution in [0, 0.1) is 0 Å². The summed E-state index contributed by atoms with van der Waals surface area (Å²) in [6, 6.07) is 11.6. The van der Waals surface area contributed by atoms with E-state index in [0.717, 1.165) is 25.1 Å². The average molecular weight is 486 g/mol. The molecule has 0 aromatic heterocycles. The molecule has 1 aliphatic heterocycles. The topological polar surface area (TPSA) is 48.9 Å². The number of methoxy groups -OCH3 is 1. The van der Waals surface area contributed by atoms with Crippen molar-refractivity contribution in [3.05, 3.63) is 35.9 Å². The number of nitrogens with one attached hydrogen (secondary N) is 2. The van der Waals surface area contributed by atoms with Crippen molar-refractivity contribution in [2.45, 2.75) is 57.2 Å². The number of halogens is 1. The summed E-state index contributed by atoms with van der Waals surface area (Å²) in [5, 5.41) is 7.03. The third-order valence-corrected chi connectivity index (χ3v) is 5.62. The van der Waals surface area contributed by atoms with Crippen LogP contribution in [0.15, 0.2) is 35.3 Å². The number of ether oxygens (including phenoxy) is 1.